The van der Waals surface area contributed by atoms with E-state index < -0.39 is 10.0 Å². The van der Waals surface area contributed by atoms with Crippen molar-refractivity contribution in [1.29, 1.82) is 0 Å². The highest BCUT2D eigenvalue weighted by Crippen LogP contribution is 2.32. The molecule has 0 fully saturated rings. The van der Waals surface area contributed by atoms with Crippen molar-refractivity contribution in [3.05, 3.63) is 47.9 Å². The van der Waals surface area contributed by atoms with Crippen LogP contribution < -0.4 is 9.62 Å². The van der Waals surface area contributed by atoms with Crippen LogP contribution in [0.15, 0.2) is 52.5 Å². The van der Waals surface area contributed by atoms with Crippen molar-refractivity contribution in [3.63, 3.8) is 0 Å². The van der Waals surface area contributed by atoms with Gasteiger partial charge in [0.1, 0.15) is 5.03 Å². The fourth-order valence-corrected chi connectivity index (χ4v) is 4.68. The maximum atomic E-state index is 13.0. The Kier molecular flexibility index (Phi) is 5.27. The lowest BCUT2D eigenvalue weighted by Gasteiger charge is -2.17. The molecule has 0 aliphatic rings. The second-order valence-corrected chi connectivity index (χ2v) is 8.47. The first kappa shape index (κ1) is 18.8. The van der Waals surface area contributed by atoms with Crippen molar-refractivity contribution in [3.8, 4) is 0 Å². The molecule has 6 nitrogen and oxygen atoms in total. The van der Waals surface area contributed by atoms with Crippen LogP contribution in [0, 0.1) is 0 Å². The lowest BCUT2D eigenvalue weighted by molar-refractivity contribution is 0.602. The van der Waals surface area contributed by atoms with Crippen LogP contribution in [-0.2, 0) is 10.0 Å². The summed E-state index contributed by atoms with van der Waals surface area (Å²) in [7, 11) is 0.00849. The normalized spacial score (nSPS) is 11.5. The Morgan fingerprint density at radius 3 is 2.50 bits per heavy atom. The van der Waals surface area contributed by atoms with Gasteiger partial charge in [0.15, 0.2) is 0 Å². The summed E-state index contributed by atoms with van der Waals surface area (Å²) in [6.07, 6.45) is 3.16. The van der Waals surface area contributed by atoms with Crippen molar-refractivity contribution in [1.82, 2.24) is 9.97 Å². The summed E-state index contributed by atoms with van der Waals surface area (Å²) in [5.74, 6) is 0. The standard InChI is InChI=1S/C17H17ClN4O2S2/c1-22(2)14-8-4-7-12-11(14)6-5-9-15(12)26(23,24)21-13-10-19-17(18)20-16(13)25-3/h4-10,21H,1-3H3. The number of hydrogen-bond donors (Lipinski definition) is 1. The zero-order chi connectivity index (χ0) is 18.9. The van der Waals surface area contributed by atoms with Gasteiger partial charge in [0.25, 0.3) is 10.0 Å². The minimum Gasteiger partial charge on any atom is -0.377 e. The topological polar surface area (TPSA) is 75.2 Å². The summed E-state index contributed by atoms with van der Waals surface area (Å²) in [4.78, 5) is 10.1. The highest BCUT2D eigenvalue weighted by Gasteiger charge is 2.20. The van der Waals surface area contributed by atoms with E-state index in [4.69, 9.17) is 11.6 Å². The summed E-state index contributed by atoms with van der Waals surface area (Å²) < 4.78 is 28.6. The number of fused-ring (bicyclic) bond motifs is 1. The Labute approximate surface area is 161 Å². The maximum absolute atomic E-state index is 13.0. The van der Waals surface area contributed by atoms with Gasteiger partial charge in [-0.25, -0.2) is 18.4 Å². The van der Waals surface area contributed by atoms with E-state index >= 15 is 0 Å². The third-order valence-corrected chi connectivity index (χ3v) is 6.10. The van der Waals surface area contributed by atoms with E-state index in [-0.39, 0.29) is 10.2 Å². The van der Waals surface area contributed by atoms with Crippen LogP contribution in [0.4, 0.5) is 11.4 Å². The highest BCUT2D eigenvalue weighted by molar-refractivity contribution is 7.98. The molecule has 0 saturated carbocycles. The molecule has 0 atom stereocenters. The lowest BCUT2D eigenvalue weighted by Crippen LogP contribution is -2.15. The van der Waals surface area contributed by atoms with E-state index in [1.807, 2.05) is 37.2 Å². The average molecular weight is 409 g/mol. The molecule has 26 heavy (non-hydrogen) atoms. The van der Waals surface area contributed by atoms with Crippen molar-refractivity contribution in [2.24, 2.45) is 0 Å². The van der Waals surface area contributed by atoms with Crippen LogP contribution in [-0.4, -0.2) is 38.7 Å². The Bertz CT molecular complexity index is 1070. The molecule has 136 valence electrons. The number of anilines is 2. The molecule has 2 aromatic carbocycles. The molecule has 0 radical (unpaired) electrons. The van der Waals surface area contributed by atoms with E-state index in [2.05, 4.69) is 14.7 Å². The summed E-state index contributed by atoms with van der Waals surface area (Å²) in [6.45, 7) is 0. The number of halogens is 1. The van der Waals surface area contributed by atoms with Crippen LogP contribution in [0.25, 0.3) is 10.8 Å². The van der Waals surface area contributed by atoms with Crippen LogP contribution in [0.1, 0.15) is 0 Å². The number of rotatable bonds is 5. The van der Waals surface area contributed by atoms with E-state index in [9.17, 15) is 8.42 Å². The fourth-order valence-electron chi connectivity index (χ4n) is 2.66. The number of sulfonamides is 1. The Hall–Kier alpha value is -2.03. The van der Waals surface area contributed by atoms with Crippen LogP contribution in [0.5, 0.6) is 0 Å². The molecule has 3 rings (SSSR count). The molecular formula is C17H17ClN4O2S2. The van der Waals surface area contributed by atoms with Gasteiger partial charge in [-0.2, -0.15) is 0 Å². The second-order valence-electron chi connectivity index (χ2n) is 5.69. The van der Waals surface area contributed by atoms with E-state index in [0.29, 0.717) is 16.1 Å². The van der Waals surface area contributed by atoms with Gasteiger partial charge in [0.2, 0.25) is 5.28 Å². The lowest BCUT2D eigenvalue weighted by atomic mass is 10.1. The molecule has 0 amide bonds. The van der Waals surface area contributed by atoms with Crippen molar-refractivity contribution < 1.29 is 8.42 Å². The third kappa shape index (κ3) is 3.58. The van der Waals surface area contributed by atoms with Gasteiger partial charge in [-0.3, -0.25) is 4.72 Å². The maximum Gasteiger partial charge on any atom is 0.262 e. The summed E-state index contributed by atoms with van der Waals surface area (Å²) in [5.41, 5.74) is 1.24. The second kappa shape index (κ2) is 7.30. The van der Waals surface area contributed by atoms with E-state index in [0.717, 1.165) is 11.1 Å². The molecule has 0 unspecified atom stereocenters. The molecular weight excluding hydrogens is 392 g/mol. The van der Waals surface area contributed by atoms with Crippen molar-refractivity contribution >= 4 is 55.5 Å². The number of thioether (sulfide) groups is 1. The quantitative estimate of drug-likeness (QED) is 0.392. The minimum absolute atomic E-state index is 0.0677. The Balaban J connectivity index is 2.13. The predicted molar refractivity (Wildman–Crippen MR) is 108 cm³/mol. The molecule has 0 aliphatic heterocycles. The zero-order valence-corrected chi connectivity index (χ0v) is 16.8. The molecule has 1 N–H and O–H groups in total. The van der Waals surface area contributed by atoms with Crippen LogP contribution >= 0.6 is 23.4 Å². The van der Waals surface area contributed by atoms with Gasteiger partial charge in [0, 0.05) is 30.6 Å². The van der Waals surface area contributed by atoms with Gasteiger partial charge in [-0.1, -0.05) is 24.3 Å². The van der Waals surface area contributed by atoms with Gasteiger partial charge in [-0.05, 0) is 30.0 Å². The summed E-state index contributed by atoms with van der Waals surface area (Å²) in [5, 5.41) is 2.03. The number of nitrogens with one attached hydrogen (secondary N) is 1. The molecule has 3 aromatic rings. The van der Waals surface area contributed by atoms with Gasteiger partial charge < -0.3 is 4.90 Å². The van der Waals surface area contributed by atoms with Crippen LogP contribution in [0.2, 0.25) is 5.28 Å². The molecule has 0 saturated heterocycles. The number of aromatic nitrogens is 2. The van der Waals surface area contributed by atoms with E-state index in [1.54, 1.807) is 24.5 Å². The predicted octanol–water partition coefficient (Wildman–Crippen LogP) is 3.87. The summed E-state index contributed by atoms with van der Waals surface area (Å²) >= 11 is 7.08. The Morgan fingerprint density at radius 2 is 1.81 bits per heavy atom. The van der Waals surface area contributed by atoms with Gasteiger partial charge in [-0.15, -0.1) is 11.8 Å². The average Bonchev–Trinajstić information content (AvgIpc) is 2.61. The Morgan fingerprint density at radius 1 is 1.12 bits per heavy atom. The first-order valence-corrected chi connectivity index (χ1v) is 10.7. The SMILES string of the molecule is CSc1nc(Cl)ncc1NS(=O)(=O)c1cccc2c(N(C)C)cccc12. The molecule has 1 aromatic heterocycles. The number of hydrogen-bond acceptors (Lipinski definition) is 6. The highest BCUT2D eigenvalue weighted by atomic mass is 35.5. The number of nitrogens with zero attached hydrogens (tertiary/aromatic N) is 3. The summed E-state index contributed by atoms with van der Waals surface area (Å²) in [6, 6.07) is 10.8. The molecule has 0 bridgehead atoms. The minimum atomic E-state index is -3.83. The molecule has 0 spiro atoms. The first-order valence-electron chi connectivity index (χ1n) is 7.62. The zero-order valence-electron chi connectivity index (χ0n) is 14.4. The monoisotopic (exact) mass is 408 g/mol. The molecule has 0 aliphatic carbocycles. The van der Waals surface area contributed by atoms with Gasteiger partial charge in [0.05, 0.1) is 16.8 Å². The smallest absolute Gasteiger partial charge is 0.262 e. The number of benzene rings is 2. The van der Waals surface area contributed by atoms with E-state index in [1.165, 1.54) is 18.0 Å². The largest absolute Gasteiger partial charge is 0.377 e. The molecule has 9 heteroatoms. The van der Waals surface area contributed by atoms with Crippen LogP contribution in [0.3, 0.4) is 0 Å². The first-order chi connectivity index (χ1) is 12.3. The van der Waals surface area contributed by atoms with Crippen molar-refractivity contribution in [2.45, 2.75) is 9.92 Å². The van der Waals surface area contributed by atoms with Gasteiger partial charge >= 0.3 is 0 Å². The molecule has 1 heterocycles. The van der Waals surface area contributed by atoms with Crippen molar-refractivity contribution in [2.75, 3.05) is 30.0 Å². The fraction of sp³-hybridized carbons (Fsp3) is 0.176. The third-order valence-electron chi connectivity index (χ3n) is 3.79.